The Balaban J connectivity index is 2.67. The van der Waals surface area contributed by atoms with Crippen molar-refractivity contribution in [1.29, 1.82) is 0 Å². The molecule has 1 N–H and O–H groups in total. The van der Waals surface area contributed by atoms with Gasteiger partial charge in [-0.1, -0.05) is 5.57 Å². The van der Waals surface area contributed by atoms with E-state index in [9.17, 15) is 9.59 Å². The number of aliphatic hydroxyl groups excluding tert-OH is 1. The molecule has 5 heteroatoms. The topological polar surface area (TPSA) is 70.8 Å². The van der Waals surface area contributed by atoms with Gasteiger partial charge >= 0.3 is 0 Å². The van der Waals surface area contributed by atoms with E-state index in [1.54, 1.807) is 0 Å². The number of furan rings is 1. The van der Waals surface area contributed by atoms with Crippen LogP contribution in [0.1, 0.15) is 37.9 Å². The minimum atomic E-state index is -0.356. The number of rotatable bonds is 3. The Bertz CT molecular complexity index is 702. The molecular weight excluding hydrogens is 282 g/mol. The van der Waals surface area contributed by atoms with Crippen LogP contribution in [0.3, 0.4) is 0 Å². The van der Waals surface area contributed by atoms with Crippen molar-refractivity contribution in [1.82, 2.24) is 4.90 Å². The summed E-state index contributed by atoms with van der Waals surface area (Å²) in [4.78, 5) is 26.2. The van der Waals surface area contributed by atoms with Crippen molar-refractivity contribution in [2.75, 3.05) is 13.2 Å². The predicted octanol–water partition coefficient (Wildman–Crippen LogP) is 2.37. The van der Waals surface area contributed by atoms with Crippen LogP contribution in [0.5, 0.6) is 0 Å². The second-order valence-corrected chi connectivity index (χ2v) is 5.69. The molecule has 0 bridgehead atoms. The van der Waals surface area contributed by atoms with Crippen molar-refractivity contribution in [3.05, 3.63) is 39.9 Å². The van der Waals surface area contributed by atoms with Crippen LogP contribution >= 0.6 is 0 Å². The van der Waals surface area contributed by atoms with Gasteiger partial charge in [0.15, 0.2) is 0 Å². The lowest BCUT2D eigenvalue weighted by Crippen LogP contribution is -2.32. The van der Waals surface area contributed by atoms with Gasteiger partial charge in [-0.2, -0.15) is 0 Å². The van der Waals surface area contributed by atoms with E-state index in [-0.39, 0.29) is 25.0 Å². The molecule has 2 rings (SSSR count). The summed E-state index contributed by atoms with van der Waals surface area (Å²) in [7, 11) is 0. The molecule has 118 valence electrons. The number of carbonyl (C=O) groups excluding carboxylic acids is 2. The van der Waals surface area contributed by atoms with Gasteiger partial charge in [0.05, 0.1) is 24.3 Å². The maximum atomic E-state index is 12.6. The summed E-state index contributed by atoms with van der Waals surface area (Å²) >= 11 is 0. The van der Waals surface area contributed by atoms with E-state index in [4.69, 9.17) is 9.52 Å². The number of hydrogen-bond acceptors (Lipinski definition) is 4. The highest BCUT2D eigenvalue weighted by molar-refractivity contribution is 6.27. The highest BCUT2D eigenvalue weighted by atomic mass is 16.3. The van der Waals surface area contributed by atoms with Crippen LogP contribution in [-0.2, 0) is 9.59 Å². The van der Waals surface area contributed by atoms with Gasteiger partial charge in [-0.05, 0) is 46.3 Å². The van der Waals surface area contributed by atoms with E-state index in [1.165, 1.54) is 0 Å². The first-order valence-electron chi connectivity index (χ1n) is 7.22. The van der Waals surface area contributed by atoms with Crippen molar-refractivity contribution in [2.24, 2.45) is 0 Å². The van der Waals surface area contributed by atoms with E-state index in [2.05, 4.69) is 0 Å². The van der Waals surface area contributed by atoms with Crippen LogP contribution < -0.4 is 0 Å². The molecule has 0 aliphatic carbocycles. The number of β-amino-alcohol motifs (C(OH)–C–C–N with tert-alkyl or cyclic N) is 1. The minimum absolute atomic E-state index is 0.00856. The van der Waals surface area contributed by atoms with Crippen molar-refractivity contribution in [2.45, 2.75) is 34.6 Å². The van der Waals surface area contributed by atoms with Crippen LogP contribution in [0.15, 0.2) is 27.2 Å². The zero-order valence-electron chi connectivity index (χ0n) is 13.6. The zero-order chi connectivity index (χ0) is 16.6. The number of likely N-dealkylation sites (tertiary alicyclic amines) is 1. The van der Waals surface area contributed by atoms with Crippen molar-refractivity contribution >= 4 is 17.4 Å². The smallest absolute Gasteiger partial charge is 0.261 e. The highest BCUT2D eigenvalue weighted by Gasteiger charge is 2.40. The maximum Gasteiger partial charge on any atom is 0.261 e. The third-order valence-corrected chi connectivity index (χ3v) is 3.81. The summed E-state index contributed by atoms with van der Waals surface area (Å²) in [6.07, 6.45) is 0. The Morgan fingerprint density at radius 2 is 1.73 bits per heavy atom. The van der Waals surface area contributed by atoms with Gasteiger partial charge < -0.3 is 9.52 Å². The normalized spacial score (nSPS) is 17.5. The lowest BCUT2D eigenvalue weighted by atomic mass is 9.95. The second kappa shape index (κ2) is 5.93. The molecule has 1 saturated heterocycles. The van der Waals surface area contributed by atoms with E-state index >= 15 is 0 Å². The van der Waals surface area contributed by atoms with E-state index in [1.807, 2.05) is 40.7 Å². The summed E-state index contributed by atoms with van der Waals surface area (Å²) in [6.45, 7) is 8.88. The number of carbonyl (C=O) groups is 2. The molecule has 1 fully saturated rings. The summed E-state index contributed by atoms with van der Waals surface area (Å²) < 4.78 is 5.53. The zero-order valence-corrected chi connectivity index (χ0v) is 13.6. The van der Waals surface area contributed by atoms with Crippen LogP contribution in [0.25, 0.3) is 5.57 Å². The molecule has 0 atom stereocenters. The van der Waals surface area contributed by atoms with Gasteiger partial charge in [0.2, 0.25) is 0 Å². The first kappa shape index (κ1) is 16.2. The molecule has 2 amide bonds. The van der Waals surface area contributed by atoms with Crippen LogP contribution in [0.4, 0.5) is 0 Å². The SMILES string of the molecule is CC(C)=C1C(=O)N(CCO)C(=O)/C1=C(\C)c1cc(C)oc1C. The maximum absolute atomic E-state index is 12.6. The van der Waals surface area contributed by atoms with E-state index in [0.29, 0.717) is 11.1 Å². The van der Waals surface area contributed by atoms with Crippen molar-refractivity contribution in [3.63, 3.8) is 0 Å². The Kier molecular flexibility index (Phi) is 4.37. The molecule has 0 spiro atoms. The summed E-state index contributed by atoms with van der Waals surface area (Å²) in [5.41, 5.74) is 3.17. The van der Waals surface area contributed by atoms with Crippen LogP contribution in [0, 0.1) is 13.8 Å². The van der Waals surface area contributed by atoms with Crippen LogP contribution in [-0.4, -0.2) is 35.0 Å². The standard InChI is InChI=1S/C17H21NO4/c1-9(2)14-15(17(21)18(6-7-19)16(14)20)11(4)13-8-10(3)22-12(13)5/h8,19H,6-7H2,1-5H3/b15-11+. The predicted molar refractivity (Wildman–Crippen MR) is 83.0 cm³/mol. The summed E-state index contributed by atoms with van der Waals surface area (Å²) in [5, 5.41) is 9.08. The van der Waals surface area contributed by atoms with Gasteiger partial charge in [0, 0.05) is 5.56 Å². The van der Waals surface area contributed by atoms with Gasteiger partial charge in [-0.25, -0.2) is 0 Å². The molecule has 1 aromatic rings. The number of imide groups is 1. The average Bonchev–Trinajstić information content (AvgIpc) is 2.89. The molecule has 0 aromatic carbocycles. The van der Waals surface area contributed by atoms with E-state index < -0.39 is 0 Å². The molecule has 2 heterocycles. The fourth-order valence-corrected chi connectivity index (χ4v) is 2.83. The number of hydrogen-bond donors (Lipinski definition) is 1. The summed E-state index contributed by atoms with van der Waals surface area (Å²) in [6, 6.07) is 1.87. The highest BCUT2D eigenvalue weighted by Crippen LogP contribution is 2.35. The van der Waals surface area contributed by atoms with Gasteiger partial charge in [0.1, 0.15) is 11.5 Å². The molecule has 1 aliphatic rings. The van der Waals surface area contributed by atoms with Crippen LogP contribution in [0.2, 0.25) is 0 Å². The fraction of sp³-hybridized carbons (Fsp3) is 0.412. The lowest BCUT2D eigenvalue weighted by Gasteiger charge is -2.10. The quantitative estimate of drug-likeness (QED) is 0.687. The fourth-order valence-electron chi connectivity index (χ4n) is 2.83. The number of aliphatic hydroxyl groups is 1. The molecule has 0 radical (unpaired) electrons. The third kappa shape index (κ3) is 2.52. The van der Waals surface area contributed by atoms with Crippen molar-refractivity contribution in [3.8, 4) is 0 Å². The van der Waals surface area contributed by atoms with Gasteiger partial charge in [-0.3, -0.25) is 14.5 Å². The third-order valence-electron chi connectivity index (χ3n) is 3.81. The second-order valence-electron chi connectivity index (χ2n) is 5.69. The number of nitrogens with zero attached hydrogens (tertiary/aromatic N) is 1. The van der Waals surface area contributed by atoms with E-state index in [0.717, 1.165) is 33.1 Å². The Morgan fingerprint density at radius 3 is 2.18 bits per heavy atom. The molecule has 5 nitrogen and oxygen atoms in total. The molecular formula is C17H21NO4. The largest absolute Gasteiger partial charge is 0.466 e. The first-order chi connectivity index (χ1) is 10.3. The summed E-state index contributed by atoms with van der Waals surface area (Å²) in [5.74, 6) is 0.781. The molecule has 0 unspecified atom stereocenters. The Labute approximate surface area is 129 Å². The lowest BCUT2D eigenvalue weighted by molar-refractivity contribution is -0.137. The molecule has 1 aromatic heterocycles. The van der Waals surface area contributed by atoms with Gasteiger partial charge in [-0.15, -0.1) is 0 Å². The number of allylic oxidation sites excluding steroid dienone is 2. The molecule has 22 heavy (non-hydrogen) atoms. The average molecular weight is 303 g/mol. The number of aryl methyl sites for hydroxylation is 2. The van der Waals surface area contributed by atoms with Crippen molar-refractivity contribution < 1.29 is 19.1 Å². The Morgan fingerprint density at radius 1 is 1.14 bits per heavy atom. The monoisotopic (exact) mass is 303 g/mol. The minimum Gasteiger partial charge on any atom is -0.466 e. The molecule has 0 saturated carbocycles. The van der Waals surface area contributed by atoms with Gasteiger partial charge in [0.25, 0.3) is 11.8 Å². The Hall–Kier alpha value is -2.14. The molecule has 1 aliphatic heterocycles. The number of amides is 2. The first-order valence-corrected chi connectivity index (χ1v) is 7.22.